The summed E-state index contributed by atoms with van der Waals surface area (Å²) in [5, 5.41) is 11.7. The van der Waals surface area contributed by atoms with Gasteiger partial charge in [0.05, 0.1) is 5.39 Å². The Hall–Kier alpha value is -6.64. The minimum atomic E-state index is 0.833. The van der Waals surface area contributed by atoms with Gasteiger partial charge >= 0.3 is 0 Å². The van der Waals surface area contributed by atoms with E-state index in [1.165, 1.54) is 54.6 Å². The van der Waals surface area contributed by atoms with Gasteiger partial charge in [0.1, 0.15) is 22.3 Å². The number of para-hydroxylation sites is 1. The number of furan rings is 2. The van der Waals surface area contributed by atoms with Crippen molar-refractivity contribution in [2.24, 2.45) is 0 Å². The van der Waals surface area contributed by atoms with Crippen LogP contribution in [0, 0.1) is 0 Å². The fraction of sp³-hybridized carbons (Fsp3) is 0. The zero-order valence-electron chi connectivity index (χ0n) is 27.0. The van der Waals surface area contributed by atoms with Crippen LogP contribution in [-0.4, -0.2) is 0 Å². The molecule has 0 aliphatic rings. The van der Waals surface area contributed by atoms with E-state index in [-0.39, 0.29) is 0 Å². The average Bonchev–Trinajstić information content (AvgIpc) is 3.75. The molecule has 11 aromatic rings. The lowest BCUT2D eigenvalue weighted by Gasteiger charge is -2.19. The molecule has 50 heavy (non-hydrogen) atoms. The minimum absolute atomic E-state index is 0.833. The molecule has 0 aliphatic heterocycles. The van der Waals surface area contributed by atoms with Crippen molar-refractivity contribution < 1.29 is 8.83 Å². The van der Waals surface area contributed by atoms with Crippen LogP contribution in [0.2, 0.25) is 0 Å². The van der Waals surface area contributed by atoms with E-state index in [4.69, 9.17) is 8.83 Å². The fourth-order valence-electron chi connectivity index (χ4n) is 8.24. The van der Waals surface area contributed by atoms with Crippen LogP contribution in [0.5, 0.6) is 0 Å². The van der Waals surface area contributed by atoms with Crippen molar-refractivity contribution >= 4 is 76.2 Å². The number of hydrogen-bond acceptors (Lipinski definition) is 2. The van der Waals surface area contributed by atoms with Crippen molar-refractivity contribution in [2.75, 3.05) is 0 Å². The summed E-state index contributed by atoms with van der Waals surface area (Å²) in [6.45, 7) is 0. The molecule has 0 amide bonds. The van der Waals surface area contributed by atoms with Gasteiger partial charge < -0.3 is 8.83 Å². The van der Waals surface area contributed by atoms with E-state index < -0.39 is 0 Å². The van der Waals surface area contributed by atoms with E-state index in [2.05, 4.69) is 158 Å². The third kappa shape index (κ3) is 3.90. The highest BCUT2D eigenvalue weighted by molar-refractivity contribution is 6.25. The third-order valence-electron chi connectivity index (χ3n) is 10.4. The molecule has 0 aliphatic carbocycles. The Morgan fingerprint density at radius 1 is 0.300 bits per heavy atom. The van der Waals surface area contributed by atoms with Crippen LogP contribution in [0.3, 0.4) is 0 Å². The highest BCUT2D eigenvalue weighted by Crippen LogP contribution is 2.47. The van der Waals surface area contributed by atoms with Crippen LogP contribution in [-0.2, 0) is 0 Å². The normalized spacial score (nSPS) is 12.0. The van der Waals surface area contributed by atoms with E-state index >= 15 is 0 Å². The minimum Gasteiger partial charge on any atom is -0.456 e. The maximum absolute atomic E-state index is 6.48. The molecule has 0 bridgehead atoms. The maximum atomic E-state index is 6.48. The van der Waals surface area contributed by atoms with Crippen LogP contribution < -0.4 is 0 Å². The van der Waals surface area contributed by atoms with Crippen LogP contribution in [0.15, 0.2) is 179 Å². The smallest absolute Gasteiger partial charge is 0.147 e. The first-order valence-corrected chi connectivity index (χ1v) is 17.1. The zero-order chi connectivity index (χ0) is 32.8. The molecule has 2 heteroatoms. The first-order chi connectivity index (χ1) is 24.8. The second-order valence-electron chi connectivity index (χ2n) is 13.2. The van der Waals surface area contributed by atoms with E-state index in [0.29, 0.717) is 0 Å². The average molecular weight is 637 g/mol. The highest BCUT2D eigenvalue weighted by atomic mass is 16.3. The summed E-state index contributed by atoms with van der Waals surface area (Å²) in [6, 6.07) is 61.0. The molecule has 0 spiro atoms. The largest absolute Gasteiger partial charge is 0.456 e. The summed E-state index contributed by atoms with van der Waals surface area (Å²) < 4.78 is 12.9. The second-order valence-corrected chi connectivity index (χ2v) is 13.2. The van der Waals surface area contributed by atoms with Gasteiger partial charge in [-0.1, -0.05) is 127 Å². The molecule has 0 fully saturated rings. The first-order valence-electron chi connectivity index (χ1n) is 17.1. The van der Waals surface area contributed by atoms with Crippen LogP contribution in [0.25, 0.3) is 110 Å². The molecule has 2 heterocycles. The Balaban J connectivity index is 1.21. The van der Waals surface area contributed by atoms with E-state index in [0.717, 1.165) is 55.0 Å². The molecule has 9 aromatic carbocycles. The number of rotatable bonds is 3. The molecule has 0 atom stereocenters. The van der Waals surface area contributed by atoms with Crippen molar-refractivity contribution in [1.82, 2.24) is 0 Å². The molecule has 2 aromatic heterocycles. The van der Waals surface area contributed by atoms with E-state index in [1.54, 1.807) is 0 Å². The van der Waals surface area contributed by atoms with Gasteiger partial charge in [-0.2, -0.15) is 0 Å². The van der Waals surface area contributed by atoms with Crippen molar-refractivity contribution in [3.8, 4) is 33.4 Å². The summed E-state index contributed by atoms with van der Waals surface area (Å²) in [6.07, 6.45) is 0. The molecule has 232 valence electrons. The Bertz CT molecular complexity index is 3080. The molecule has 0 radical (unpaired) electrons. The summed E-state index contributed by atoms with van der Waals surface area (Å²) in [5.74, 6) is 0. The lowest BCUT2D eigenvalue weighted by molar-refractivity contribution is 0.663. The van der Waals surface area contributed by atoms with Crippen LogP contribution in [0.4, 0.5) is 0 Å². The van der Waals surface area contributed by atoms with Crippen molar-refractivity contribution in [2.45, 2.75) is 0 Å². The predicted molar refractivity (Wildman–Crippen MR) is 210 cm³/mol. The van der Waals surface area contributed by atoms with Gasteiger partial charge in [-0.15, -0.1) is 0 Å². The van der Waals surface area contributed by atoms with Crippen molar-refractivity contribution in [3.05, 3.63) is 170 Å². The zero-order valence-corrected chi connectivity index (χ0v) is 27.0. The number of hydrogen-bond donors (Lipinski definition) is 0. The molecule has 11 rings (SSSR count). The summed E-state index contributed by atoms with van der Waals surface area (Å²) in [4.78, 5) is 0. The van der Waals surface area contributed by atoms with Gasteiger partial charge in [0.15, 0.2) is 0 Å². The van der Waals surface area contributed by atoms with Crippen molar-refractivity contribution in [1.29, 1.82) is 0 Å². The van der Waals surface area contributed by atoms with Gasteiger partial charge in [0.25, 0.3) is 0 Å². The quantitative estimate of drug-likeness (QED) is 0.180. The van der Waals surface area contributed by atoms with E-state index in [1.807, 2.05) is 12.1 Å². The molecule has 2 nitrogen and oxygen atoms in total. The van der Waals surface area contributed by atoms with Gasteiger partial charge in [-0.3, -0.25) is 0 Å². The molecule has 0 saturated heterocycles. The van der Waals surface area contributed by atoms with Gasteiger partial charge in [0.2, 0.25) is 0 Å². The molecular formula is C48H28O2. The maximum Gasteiger partial charge on any atom is 0.147 e. The van der Waals surface area contributed by atoms with Crippen LogP contribution >= 0.6 is 0 Å². The summed E-state index contributed by atoms with van der Waals surface area (Å²) >= 11 is 0. The molecule has 0 N–H and O–H groups in total. The molecular weight excluding hydrogens is 609 g/mol. The third-order valence-corrected chi connectivity index (χ3v) is 10.4. The fourth-order valence-corrected chi connectivity index (χ4v) is 8.24. The van der Waals surface area contributed by atoms with Crippen molar-refractivity contribution in [3.63, 3.8) is 0 Å². The number of fused-ring (bicyclic) bond motifs is 10. The lowest BCUT2D eigenvalue weighted by atomic mass is 9.84. The Labute approximate surface area is 287 Å². The molecule has 0 unspecified atom stereocenters. The second kappa shape index (κ2) is 10.4. The first kappa shape index (κ1) is 27.3. The summed E-state index contributed by atoms with van der Waals surface area (Å²) in [7, 11) is 0. The number of benzene rings is 9. The Morgan fingerprint density at radius 2 is 0.900 bits per heavy atom. The molecule has 0 saturated carbocycles. The van der Waals surface area contributed by atoms with Gasteiger partial charge in [-0.05, 0) is 108 Å². The Morgan fingerprint density at radius 3 is 1.66 bits per heavy atom. The highest BCUT2D eigenvalue weighted by Gasteiger charge is 2.20. The van der Waals surface area contributed by atoms with Gasteiger partial charge in [-0.25, -0.2) is 0 Å². The predicted octanol–water partition coefficient (Wildman–Crippen LogP) is 13.9. The summed E-state index contributed by atoms with van der Waals surface area (Å²) in [5.41, 5.74) is 10.7. The topological polar surface area (TPSA) is 26.3 Å². The standard InChI is InChI=1S/C48H28O2/c1-2-12-29(13-3-1)45-35-17-6-8-19-37(35)46(38-20-9-7-18-36(38)45)40-28-32(26-31-14-4-5-15-33(31)40)30-22-24-43-41(27-30)47-44(49-43)25-23-39-34-16-10-11-21-42(34)50-48(39)47/h1-28H. The Kier molecular flexibility index (Phi) is 5.70. The van der Waals surface area contributed by atoms with Crippen LogP contribution in [0.1, 0.15) is 0 Å². The van der Waals surface area contributed by atoms with Gasteiger partial charge in [0, 0.05) is 16.2 Å². The monoisotopic (exact) mass is 636 g/mol. The SMILES string of the molecule is c1ccc(-c2c3ccccc3c(-c3cc(-c4ccc5oc6ccc7c8ccccc8oc7c6c5c4)cc4ccccc34)c3ccccc23)cc1. The van der Waals surface area contributed by atoms with E-state index in [9.17, 15) is 0 Å². The lowest BCUT2D eigenvalue weighted by Crippen LogP contribution is -1.92.